The van der Waals surface area contributed by atoms with E-state index in [0.717, 1.165) is 45.7 Å². The van der Waals surface area contributed by atoms with Gasteiger partial charge in [0, 0.05) is 41.3 Å². The molecule has 0 radical (unpaired) electrons. The molecule has 8 aromatic rings. The highest BCUT2D eigenvalue weighted by Crippen LogP contribution is 2.27. The Morgan fingerprint density at radius 1 is 0.467 bits per heavy atom. The minimum Gasteiger partial charge on any atom is -0.457 e. The number of benzene rings is 5. The summed E-state index contributed by atoms with van der Waals surface area (Å²) >= 11 is 0. The number of pyridine rings is 1. The number of nitrogen functional groups attached to an aromatic ring is 1. The minimum atomic E-state index is -0.0316. The normalized spacial score (nSPS) is 10.3. The molecular weight excluding hydrogens is 755 g/mol. The SMILES string of the molecule is CCC(=O)Nc1cccc(Nc2cc(Nc3ccc(Oc4ccccc4)cc3)ncn2)c1.Nc1cccc(Nc2cc(Nc3ccc(Oc4ccccc4)cc3)ncn2)n1. The van der Waals surface area contributed by atoms with Gasteiger partial charge in [-0.15, -0.1) is 0 Å². The van der Waals surface area contributed by atoms with Crippen molar-refractivity contribution in [2.75, 3.05) is 32.3 Å². The number of nitrogens with zero attached hydrogens (tertiary/aromatic N) is 5. The first-order chi connectivity index (χ1) is 29.4. The van der Waals surface area contributed by atoms with Gasteiger partial charge in [0.25, 0.3) is 0 Å². The summed E-state index contributed by atoms with van der Waals surface area (Å²) in [5.74, 6) is 6.66. The average molecular weight is 796 g/mol. The summed E-state index contributed by atoms with van der Waals surface area (Å²) in [5.41, 5.74) is 8.99. The van der Waals surface area contributed by atoms with Gasteiger partial charge in [0.2, 0.25) is 5.91 Å². The quantitative estimate of drug-likeness (QED) is 0.0611. The molecule has 3 aromatic heterocycles. The molecule has 0 atom stereocenters. The highest BCUT2D eigenvalue weighted by molar-refractivity contribution is 5.91. The van der Waals surface area contributed by atoms with Crippen LogP contribution in [0.3, 0.4) is 0 Å². The summed E-state index contributed by atoms with van der Waals surface area (Å²) in [6.07, 6.45) is 3.39. The van der Waals surface area contributed by atoms with Gasteiger partial charge in [0.05, 0.1) is 0 Å². The summed E-state index contributed by atoms with van der Waals surface area (Å²) in [6, 6.07) is 51.0. The van der Waals surface area contributed by atoms with E-state index in [9.17, 15) is 4.79 Å². The van der Waals surface area contributed by atoms with Gasteiger partial charge in [0.1, 0.15) is 70.6 Å². The number of hydrogen-bond acceptors (Lipinski definition) is 13. The number of rotatable bonds is 14. The largest absolute Gasteiger partial charge is 0.457 e. The van der Waals surface area contributed by atoms with E-state index >= 15 is 0 Å². The maximum Gasteiger partial charge on any atom is 0.224 e. The molecule has 0 saturated carbocycles. The van der Waals surface area contributed by atoms with Gasteiger partial charge in [-0.2, -0.15) is 0 Å². The summed E-state index contributed by atoms with van der Waals surface area (Å²) in [7, 11) is 0. The molecule has 0 aliphatic heterocycles. The number of anilines is 10. The Labute approximate surface area is 347 Å². The van der Waals surface area contributed by atoms with Gasteiger partial charge in [-0.05, 0) is 103 Å². The molecule has 14 nitrogen and oxygen atoms in total. The predicted octanol–water partition coefficient (Wildman–Crippen LogP) is 10.8. The molecule has 0 aliphatic rings. The molecule has 0 spiro atoms. The lowest BCUT2D eigenvalue weighted by Crippen LogP contribution is -2.09. The fraction of sp³-hybridized carbons (Fsp3) is 0.0435. The van der Waals surface area contributed by atoms with E-state index in [0.29, 0.717) is 41.3 Å². The summed E-state index contributed by atoms with van der Waals surface area (Å²) in [5, 5.41) is 15.7. The third-order valence-corrected chi connectivity index (χ3v) is 8.31. The van der Waals surface area contributed by atoms with Gasteiger partial charge in [-0.1, -0.05) is 55.5 Å². The third kappa shape index (κ3) is 12.2. The Morgan fingerprint density at radius 2 is 0.917 bits per heavy atom. The van der Waals surface area contributed by atoms with Gasteiger partial charge >= 0.3 is 0 Å². The number of carbonyl (C=O) groups is 1. The Balaban J connectivity index is 0.000000183. The number of hydrogen-bond donors (Lipinski definition) is 6. The van der Waals surface area contributed by atoms with Crippen molar-refractivity contribution in [2.24, 2.45) is 0 Å². The molecule has 298 valence electrons. The zero-order valence-electron chi connectivity index (χ0n) is 32.5. The Morgan fingerprint density at radius 3 is 1.42 bits per heavy atom. The maximum absolute atomic E-state index is 11.6. The van der Waals surface area contributed by atoms with E-state index < -0.39 is 0 Å². The second-order valence-electron chi connectivity index (χ2n) is 12.9. The standard InChI is InChI=1S/C25H23N5O2.C21H18N6O/c1-2-25(31)30-20-8-6-7-19(15-20)29-24-16-23(26-17-27-24)28-18-11-13-22(14-12-18)32-21-9-4-3-5-10-21;22-18-7-4-8-19(26-18)27-21-13-20(23-14-24-21)25-15-9-11-17(12-10-15)28-16-5-2-1-3-6-16/h3-17H,2H2,1H3,(H,30,31)(H2,26,27,28,29);1-14H,(H4,22,23,24,25,26,27). The molecule has 0 saturated heterocycles. The molecule has 5 aromatic carbocycles. The van der Waals surface area contributed by atoms with Gasteiger partial charge < -0.3 is 41.8 Å². The number of aromatic nitrogens is 5. The smallest absolute Gasteiger partial charge is 0.224 e. The van der Waals surface area contributed by atoms with Crippen LogP contribution in [0.2, 0.25) is 0 Å². The van der Waals surface area contributed by atoms with Crippen molar-refractivity contribution in [3.05, 3.63) is 176 Å². The number of nitrogens with two attached hydrogens (primary N) is 1. The fourth-order valence-corrected chi connectivity index (χ4v) is 5.47. The monoisotopic (exact) mass is 795 g/mol. The summed E-state index contributed by atoms with van der Waals surface area (Å²) in [6.45, 7) is 1.82. The van der Waals surface area contributed by atoms with Crippen molar-refractivity contribution in [3.63, 3.8) is 0 Å². The number of amides is 1. The van der Waals surface area contributed by atoms with Crippen molar-refractivity contribution in [3.8, 4) is 23.0 Å². The zero-order valence-corrected chi connectivity index (χ0v) is 32.5. The first-order valence-corrected chi connectivity index (χ1v) is 18.9. The van der Waals surface area contributed by atoms with Crippen LogP contribution in [-0.4, -0.2) is 30.8 Å². The highest BCUT2D eigenvalue weighted by atomic mass is 16.5. The summed E-state index contributed by atoms with van der Waals surface area (Å²) in [4.78, 5) is 32.8. The van der Waals surface area contributed by atoms with Crippen LogP contribution in [-0.2, 0) is 4.79 Å². The molecule has 0 bridgehead atoms. The number of carbonyl (C=O) groups excluding carboxylic acids is 1. The lowest BCUT2D eigenvalue weighted by molar-refractivity contribution is -0.115. The molecule has 3 heterocycles. The van der Waals surface area contributed by atoms with Crippen LogP contribution in [0.15, 0.2) is 176 Å². The number of ether oxygens (including phenoxy) is 2. The summed E-state index contributed by atoms with van der Waals surface area (Å²) < 4.78 is 11.6. The second kappa shape index (κ2) is 20.1. The van der Waals surface area contributed by atoms with Crippen molar-refractivity contribution >= 4 is 63.6 Å². The number of nitrogens with one attached hydrogen (secondary N) is 5. The fourth-order valence-electron chi connectivity index (χ4n) is 5.47. The minimum absolute atomic E-state index is 0.0316. The molecule has 0 fully saturated rings. The maximum atomic E-state index is 11.6. The van der Waals surface area contributed by atoms with E-state index in [2.05, 4.69) is 51.5 Å². The van der Waals surface area contributed by atoms with Crippen LogP contribution in [0.25, 0.3) is 0 Å². The third-order valence-electron chi connectivity index (χ3n) is 8.31. The molecular formula is C46H41N11O3. The molecule has 0 unspecified atom stereocenters. The Bertz CT molecular complexity index is 2600. The first kappa shape index (κ1) is 39.7. The van der Waals surface area contributed by atoms with E-state index in [1.54, 1.807) is 12.1 Å². The molecule has 8 rings (SSSR count). The van der Waals surface area contributed by atoms with Crippen LogP contribution >= 0.6 is 0 Å². The van der Waals surface area contributed by atoms with Crippen LogP contribution in [0.4, 0.5) is 57.7 Å². The van der Waals surface area contributed by atoms with Crippen molar-refractivity contribution in [1.29, 1.82) is 0 Å². The van der Waals surface area contributed by atoms with Gasteiger partial charge in [-0.25, -0.2) is 24.9 Å². The average Bonchev–Trinajstić information content (AvgIpc) is 3.26. The Hall–Kier alpha value is -8.52. The highest BCUT2D eigenvalue weighted by Gasteiger charge is 2.06. The topological polar surface area (TPSA) is 186 Å². The molecule has 60 heavy (non-hydrogen) atoms. The van der Waals surface area contributed by atoms with Crippen LogP contribution in [0.1, 0.15) is 13.3 Å². The molecule has 1 amide bonds. The number of para-hydroxylation sites is 2. The van der Waals surface area contributed by atoms with Crippen LogP contribution in [0.5, 0.6) is 23.0 Å². The molecule has 7 N–H and O–H groups in total. The van der Waals surface area contributed by atoms with E-state index in [1.165, 1.54) is 12.7 Å². The predicted molar refractivity (Wildman–Crippen MR) is 237 cm³/mol. The van der Waals surface area contributed by atoms with Gasteiger partial charge in [0.15, 0.2) is 0 Å². The van der Waals surface area contributed by atoms with Crippen molar-refractivity contribution in [2.45, 2.75) is 13.3 Å². The lowest BCUT2D eigenvalue weighted by atomic mass is 10.2. The first-order valence-electron chi connectivity index (χ1n) is 18.9. The molecule has 0 aliphatic carbocycles. The van der Waals surface area contributed by atoms with Gasteiger partial charge in [-0.3, -0.25) is 4.79 Å². The van der Waals surface area contributed by atoms with Crippen molar-refractivity contribution < 1.29 is 14.3 Å². The van der Waals surface area contributed by atoms with E-state index in [4.69, 9.17) is 15.2 Å². The van der Waals surface area contributed by atoms with E-state index in [1.807, 2.05) is 159 Å². The van der Waals surface area contributed by atoms with E-state index in [-0.39, 0.29) is 5.91 Å². The Kier molecular flexibility index (Phi) is 13.3. The van der Waals surface area contributed by atoms with Crippen LogP contribution in [0, 0.1) is 0 Å². The molecule has 14 heteroatoms. The lowest BCUT2D eigenvalue weighted by Gasteiger charge is -2.11. The van der Waals surface area contributed by atoms with Crippen LogP contribution < -0.4 is 41.8 Å². The second-order valence-corrected chi connectivity index (χ2v) is 12.9. The zero-order chi connectivity index (χ0) is 41.4. The van der Waals surface area contributed by atoms with Crippen molar-refractivity contribution in [1.82, 2.24) is 24.9 Å².